The summed E-state index contributed by atoms with van der Waals surface area (Å²) in [4.78, 5) is 0. The van der Waals surface area contributed by atoms with Crippen molar-refractivity contribution in [3.63, 3.8) is 0 Å². The van der Waals surface area contributed by atoms with Gasteiger partial charge < -0.3 is 10.1 Å². The van der Waals surface area contributed by atoms with Crippen LogP contribution in [-0.4, -0.2) is 19.3 Å². The standard InChI is InChI=1S/C17H23NO/c1-2-4-17-14(3-1)9-16(10-18-17)19-11-15-8-12-5-6-13(15)7-12/h1-4,12-13,15-16,18H,5-11H2. The number of hydrogen-bond donors (Lipinski definition) is 1. The molecule has 2 saturated carbocycles. The van der Waals surface area contributed by atoms with Crippen LogP contribution in [0.4, 0.5) is 5.69 Å². The zero-order valence-corrected chi connectivity index (χ0v) is 11.5. The van der Waals surface area contributed by atoms with Gasteiger partial charge in [-0.1, -0.05) is 24.6 Å². The van der Waals surface area contributed by atoms with Crippen LogP contribution >= 0.6 is 0 Å². The van der Waals surface area contributed by atoms with Gasteiger partial charge in [0, 0.05) is 18.7 Å². The van der Waals surface area contributed by atoms with Gasteiger partial charge in [-0.15, -0.1) is 0 Å². The van der Waals surface area contributed by atoms with Gasteiger partial charge in [-0.25, -0.2) is 0 Å². The first-order valence-corrected chi connectivity index (χ1v) is 7.82. The maximum absolute atomic E-state index is 6.21. The summed E-state index contributed by atoms with van der Waals surface area (Å²) in [5, 5.41) is 3.50. The van der Waals surface area contributed by atoms with E-state index >= 15 is 0 Å². The fraction of sp³-hybridized carbons (Fsp3) is 0.647. The molecule has 2 aliphatic carbocycles. The minimum Gasteiger partial charge on any atom is -0.382 e. The number of hydrogen-bond acceptors (Lipinski definition) is 2. The summed E-state index contributed by atoms with van der Waals surface area (Å²) >= 11 is 0. The molecule has 0 radical (unpaired) electrons. The van der Waals surface area contributed by atoms with Crippen molar-refractivity contribution >= 4 is 5.69 Å². The van der Waals surface area contributed by atoms with E-state index < -0.39 is 0 Å². The molecule has 2 bridgehead atoms. The summed E-state index contributed by atoms with van der Waals surface area (Å²) in [5.41, 5.74) is 2.70. The second kappa shape index (κ2) is 4.82. The SMILES string of the molecule is c1ccc2c(c1)CC(OCC1CC3CCC1C3)CN2. The van der Waals surface area contributed by atoms with Crippen molar-refractivity contribution in [1.29, 1.82) is 0 Å². The van der Waals surface area contributed by atoms with Crippen molar-refractivity contribution in [2.45, 2.75) is 38.2 Å². The quantitative estimate of drug-likeness (QED) is 0.895. The number of rotatable bonds is 3. The first-order chi connectivity index (χ1) is 9.38. The zero-order chi connectivity index (χ0) is 12.7. The summed E-state index contributed by atoms with van der Waals surface area (Å²) < 4.78 is 6.21. The monoisotopic (exact) mass is 257 g/mol. The molecule has 3 aliphatic rings. The lowest BCUT2D eigenvalue weighted by Crippen LogP contribution is -2.32. The second-order valence-corrected chi connectivity index (χ2v) is 6.63. The van der Waals surface area contributed by atoms with Crippen molar-refractivity contribution in [2.75, 3.05) is 18.5 Å². The molecule has 0 amide bonds. The molecule has 2 heteroatoms. The molecule has 4 rings (SSSR count). The van der Waals surface area contributed by atoms with Gasteiger partial charge in [0.15, 0.2) is 0 Å². The van der Waals surface area contributed by atoms with Crippen molar-refractivity contribution in [3.05, 3.63) is 29.8 Å². The lowest BCUT2D eigenvalue weighted by Gasteiger charge is -2.29. The third-order valence-corrected chi connectivity index (χ3v) is 5.42. The van der Waals surface area contributed by atoms with Crippen LogP contribution in [0.1, 0.15) is 31.2 Å². The van der Waals surface area contributed by atoms with Gasteiger partial charge >= 0.3 is 0 Å². The summed E-state index contributed by atoms with van der Waals surface area (Å²) in [6, 6.07) is 8.61. The lowest BCUT2D eigenvalue weighted by molar-refractivity contribution is 0.0222. The van der Waals surface area contributed by atoms with Crippen LogP contribution in [0.25, 0.3) is 0 Å². The molecule has 0 aromatic heterocycles. The molecular weight excluding hydrogens is 234 g/mol. The minimum atomic E-state index is 0.369. The van der Waals surface area contributed by atoms with Crippen LogP contribution in [0.15, 0.2) is 24.3 Å². The Morgan fingerprint density at radius 2 is 2.11 bits per heavy atom. The molecule has 1 aliphatic heterocycles. The maximum Gasteiger partial charge on any atom is 0.0788 e. The van der Waals surface area contributed by atoms with Crippen molar-refractivity contribution in [3.8, 4) is 0 Å². The third kappa shape index (κ3) is 2.27. The Morgan fingerprint density at radius 1 is 1.16 bits per heavy atom. The highest BCUT2D eigenvalue weighted by atomic mass is 16.5. The largest absolute Gasteiger partial charge is 0.382 e. The van der Waals surface area contributed by atoms with Gasteiger partial charge in [-0.05, 0) is 48.6 Å². The first-order valence-electron chi connectivity index (χ1n) is 7.82. The molecule has 1 heterocycles. The summed E-state index contributed by atoms with van der Waals surface area (Å²) in [5.74, 6) is 2.87. The Labute approximate surface area is 115 Å². The number of anilines is 1. The number of nitrogens with one attached hydrogen (secondary N) is 1. The predicted molar refractivity (Wildman–Crippen MR) is 77.3 cm³/mol. The molecule has 4 unspecified atom stereocenters. The topological polar surface area (TPSA) is 21.3 Å². The van der Waals surface area contributed by atoms with E-state index in [-0.39, 0.29) is 0 Å². The minimum absolute atomic E-state index is 0.369. The molecule has 2 fully saturated rings. The van der Waals surface area contributed by atoms with E-state index in [0.29, 0.717) is 6.10 Å². The van der Waals surface area contributed by atoms with Crippen LogP contribution in [0.3, 0.4) is 0 Å². The first kappa shape index (κ1) is 11.8. The van der Waals surface area contributed by atoms with E-state index in [9.17, 15) is 0 Å². The summed E-state index contributed by atoms with van der Waals surface area (Å²) in [6.45, 7) is 1.97. The van der Waals surface area contributed by atoms with E-state index in [1.54, 1.807) is 0 Å². The van der Waals surface area contributed by atoms with Crippen LogP contribution in [0.5, 0.6) is 0 Å². The van der Waals surface area contributed by atoms with Crippen molar-refractivity contribution < 1.29 is 4.74 Å². The highest BCUT2D eigenvalue weighted by Gasteiger charge is 2.39. The zero-order valence-electron chi connectivity index (χ0n) is 11.5. The molecule has 102 valence electrons. The molecule has 4 atom stereocenters. The van der Waals surface area contributed by atoms with Gasteiger partial charge in [0.2, 0.25) is 0 Å². The molecule has 0 spiro atoms. The van der Waals surface area contributed by atoms with E-state index in [1.807, 2.05) is 0 Å². The predicted octanol–water partition coefficient (Wildman–Crippen LogP) is 3.48. The van der Waals surface area contributed by atoms with Gasteiger partial charge in [-0.3, -0.25) is 0 Å². The number of benzene rings is 1. The Morgan fingerprint density at radius 3 is 2.95 bits per heavy atom. The van der Waals surface area contributed by atoms with Crippen molar-refractivity contribution in [2.24, 2.45) is 17.8 Å². The molecule has 2 nitrogen and oxygen atoms in total. The fourth-order valence-corrected chi connectivity index (χ4v) is 4.37. The normalized spacial score (nSPS) is 36.0. The molecular formula is C17H23NO. The Kier molecular flexibility index (Phi) is 2.99. The van der Waals surface area contributed by atoms with Crippen LogP contribution < -0.4 is 5.32 Å². The van der Waals surface area contributed by atoms with Gasteiger partial charge in [0.1, 0.15) is 0 Å². The van der Waals surface area contributed by atoms with E-state index in [1.165, 1.54) is 36.9 Å². The summed E-state index contributed by atoms with van der Waals surface area (Å²) in [6.07, 6.45) is 7.31. The average molecular weight is 257 g/mol. The molecule has 1 N–H and O–H groups in total. The molecule has 0 saturated heterocycles. The van der Waals surface area contributed by atoms with E-state index in [4.69, 9.17) is 4.74 Å². The lowest BCUT2D eigenvalue weighted by atomic mass is 9.89. The van der Waals surface area contributed by atoms with Crippen molar-refractivity contribution in [1.82, 2.24) is 0 Å². The molecule has 1 aromatic rings. The van der Waals surface area contributed by atoms with Crippen LogP contribution in [-0.2, 0) is 11.2 Å². The number of para-hydroxylation sites is 1. The molecule has 19 heavy (non-hydrogen) atoms. The Bertz CT molecular complexity index is 458. The average Bonchev–Trinajstić information content (AvgIpc) is 3.07. The Balaban J connectivity index is 1.33. The van der Waals surface area contributed by atoms with E-state index in [2.05, 4.69) is 29.6 Å². The third-order valence-electron chi connectivity index (χ3n) is 5.42. The van der Waals surface area contributed by atoms with Crippen LogP contribution in [0, 0.1) is 17.8 Å². The summed E-state index contributed by atoms with van der Waals surface area (Å²) in [7, 11) is 0. The van der Waals surface area contributed by atoms with Gasteiger partial charge in [0.05, 0.1) is 12.7 Å². The van der Waals surface area contributed by atoms with Crippen LogP contribution in [0.2, 0.25) is 0 Å². The van der Waals surface area contributed by atoms with E-state index in [0.717, 1.165) is 37.3 Å². The second-order valence-electron chi connectivity index (χ2n) is 6.63. The highest BCUT2D eigenvalue weighted by molar-refractivity contribution is 5.53. The highest BCUT2D eigenvalue weighted by Crippen LogP contribution is 2.48. The number of ether oxygens (including phenoxy) is 1. The Hall–Kier alpha value is -1.02. The smallest absolute Gasteiger partial charge is 0.0788 e. The van der Waals surface area contributed by atoms with Gasteiger partial charge in [-0.2, -0.15) is 0 Å². The van der Waals surface area contributed by atoms with Gasteiger partial charge in [0.25, 0.3) is 0 Å². The molecule has 1 aromatic carbocycles. The fourth-order valence-electron chi connectivity index (χ4n) is 4.37. The number of fused-ring (bicyclic) bond motifs is 3. The maximum atomic E-state index is 6.21.